The second kappa shape index (κ2) is 7.69. The summed E-state index contributed by atoms with van der Waals surface area (Å²) < 4.78 is 67.5. The summed E-state index contributed by atoms with van der Waals surface area (Å²) in [5, 5.41) is 2.80. The van der Waals surface area contributed by atoms with Crippen LogP contribution in [0.5, 0.6) is 0 Å². The molecule has 0 aliphatic carbocycles. The van der Waals surface area contributed by atoms with Crippen molar-refractivity contribution in [1.29, 1.82) is 0 Å². The van der Waals surface area contributed by atoms with E-state index in [1.54, 1.807) is 0 Å². The molecule has 0 aromatic carbocycles. The van der Waals surface area contributed by atoms with Crippen molar-refractivity contribution in [3.05, 3.63) is 34.0 Å². The van der Waals surface area contributed by atoms with Crippen LogP contribution in [0.3, 0.4) is 0 Å². The average Bonchev–Trinajstić information content (AvgIpc) is 2.85. The van der Waals surface area contributed by atoms with Gasteiger partial charge in [0, 0.05) is 6.08 Å². The Balaban J connectivity index is 3.24. The molecular formula is C11H11F3O5S2. The third kappa shape index (κ3) is 5.58. The van der Waals surface area contributed by atoms with Crippen LogP contribution in [-0.4, -0.2) is 27.5 Å². The summed E-state index contributed by atoms with van der Waals surface area (Å²) in [4.78, 5) is 11.3. The van der Waals surface area contributed by atoms with Crippen LogP contribution in [-0.2, 0) is 25.1 Å². The van der Waals surface area contributed by atoms with Crippen LogP contribution in [0.4, 0.5) is 13.2 Å². The van der Waals surface area contributed by atoms with Crippen LogP contribution in [0, 0.1) is 0 Å². The molecule has 1 aromatic heterocycles. The van der Waals surface area contributed by atoms with Crippen molar-refractivity contribution >= 4 is 28.7 Å². The standard InChI is InChI=1S/C11H11F3O5S2/c1-2-18-9(15)5-8(11(12,13)14)10(19-21(16)17)7-3-4-20-6-7/h3-6,10H,2H2,1H3,(H,16,17). The minimum atomic E-state index is -4.93. The molecule has 118 valence electrons. The van der Waals surface area contributed by atoms with E-state index in [1.165, 1.54) is 23.8 Å². The molecular weight excluding hydrogens is 333 g/mol. The third-order valence-electron chi connectivity index (χ3n) is 2.19. The Labute approximate surface area is 124 Å². The molecule has 10 heteroatoms. The molecule has 0 aliphatic rings. The van der Waals surface area contributed by atoms with Gasteiger partial charge in [0.2, 0.25) is 0 Å². The summed E-state index contributed by atoms with van der Waals surface area (Å²) in [5.74, 6) is -1.21. The highest BCUT2D eigenvalue weighted by Crippen LogP contribution is 2.39. The fourth-order valence-corrected chi connectivity index (χ4v) is 2.46. The first-order valence-corrected chi connectivity index (χ1v) is 7.48. The zero-order chi connectivity index (χ0) is 16.0. The molecule has 0 amide bonds. The van der Waals surface area contributed by atoms with Crippen LogP contribution < -0.4 is 0 Å². The number of alkyl halides is 3. The number of halogens is 3. The van der Waals surface area contributed by atoms with Gasteiger partial charge in [0.1, 0.15) is 6.10 Å². The molecule has 1 N–H and O–H groups in total. The number of carbonyl (C=O) groups excluding carboxylic acids is 1. The number of hydrogen-bond donors (Lipinski definition) is 1. The van der Waals surface area contributed by atoms with E-state index < -0.39 is 35.2 Å². The second-order valence-corrected chi connectivity index (χ2v) is 5.01. The van der Waals surface area contributed by atoms with Crippen LogP contribution in [0.25, 0.3) is 0 Å². The van der Waals surface area contributed by atoms with Gasteiger partial charge in [0.15, 0.2) is 0 Å². The number of thiophene rings is 1. The number of esters is 1. The Bertz CT molecular complexity index is 524. The van der Waals surface area contributed by atoms with E-state index in [9.17, 15) is 22.2 Å². The SMILES string of the molecule is CCOC(=O)C=C(C(OS(=O)O)c1ccsc1)C(F)(F)F. The monoisotopic (exact) mass is 344 g/mol. The Kier molecular flexibility index (Phi) is 6.52. The molecule has 1 aromatic rings. The number of rotatable bonds is 6. The van der Waals surface area contributed by atoms with Gasteiger partial charge >= 0.3 is 23.5 Å². The van der Waals surface area contributed by atoms with E-state index in [2.05, 4.69) is 8.92 Å². The number of ether oxygens (including phenoxy) is 1. The minimum absolute atomic E-state index is 0.00951. The lowest BCUT2D eigenvalue weighted by Gasteiger charge is -2.20. The molecule has 1 heterocycles. The largest absolute Gasteiger partial charge is 0.463 e. The van der Waals surface area contributed by atoms with E-state index >= 15 is 0 Å². The highest BCUT2D eigenvalue weighted by atomic mass is 32.2. The molecule has 0 radical (unpaired) electrons. The average molecular weight is 344 g/mol. The second-order valence-electron chi connectivity index (χ2n) is 3.60. The fourth-order valence-electron chi connectivity index (χ4n) is 1.41. The summed E-state index contributed by atoms with van der Waals surface area (Å²) >= 11 is -1.86. The van der Waals surface area contributed by atoms with E-state index in [4.69, 9.17) is 4.55 Å². The zero-order valence-electron chi connectivity index (χ0n) is 10.6. The Hall–Kier alpha value is -1.23. The summed E-state index contributed by atoms with van der Waals surface area (Å²) in [6.45, 7) is 1.34. The highest BCUT2D eigenvalue weighted by molar-refractivity contribution is 7.74. The molecule has 0 bridgehead atoms. The number of carbonyl (C=O) groups is 1. The van der Waals surface area contributed by atoms with Crippen molar-refractivity contribution in [3.8, 4) is 0 Å². The maximum Gasteiger partial charge on any atom is 0.415 e. The maximum atomic E-state index is 13.1. The first-order chi connectivity index (χ1) is 9.75. The van der Waals surface area contributed by atoms with Crippen molar-refractivity contribution in [2.75, 3.05) is 6.61 Å². The summed E-state index contributed by atoms with van der Waals surface area (Å²) in [6, 6.07) is 1.30. The quantitative estimate of drug-likeness (QED) is 0.488. The van der Waals surface area contributed by atoms with E-state index in [0.717, 1.165) is 11.3 Å². The Morgan fingerprint density at radius 3 is 2.67 bits per heavy atom. The minimum Gasteiger partial charge on any atom is -0.463 e. The zero-order valence-corrected chi connectivity index (χ0v) is 12.3. The molecule has 0 spiro atoms. The first-order valence-electron chi connectivity index (χ1n) is 5.51. The van der Waals surface area contributed by atoms with Gasteiger partial charge in [0.05, 0.1) is 12.2 Å². The summed E-state index contributed by atoms with van der Waals surface area (Å²) in [7, 11) is 0. The van der Waals surface area contributed by atoms with E-state index in [1.807, 2.05) is 0 Å². The number of hydrogen-bond acceptors (Lipinski definition) is 5. The molecule has 2 atom stereocenters. The highest BCUT2D eigenvalue weighted by Gasteiger charge is 2.42. The molecule has 21 heavy (non-hydrogen) atoms. The molecule has 0 saturated carbocycles. The summed E-state index contributed by atoms with van der Waals surface area (Å²) in [5.41, 5.74) is -1.41. The van der Waals surface area contributed by atoms with Gasteiger partial charge < -0.3 is 4.74 Å². The Morgan fingerprint density at radius 1 is 1.57 bits per heavy atom. The topological polar surface area (TPSA) is 72.8 Å². The van der Waals surface area contributed by atoms with Gasteiger partial charge in [-0.1, -0.05) is 0 Å². The van der Waals surface area contributed by atoms with Crippen molar-refractivity contribution in [2.24, 2.45) is 0 Å². The van der Waals surface area contributed by atoms with Crippen molar-refractivity contribution in [2.45, 2.75) is 19.2 Å². The van der Waals surface area contributed by atoms with Crippen molar-refractivity contribution < 1.29 is 35.6 Å². The predicted molar refractivity (Wildman–Crippen MR) is 69.7 cm³/mol. The van der Waals surface area contributed by atoms with Gasteiger partial charge in [-0.2, -0.15) is 28.7 Å². The van der Waals surface area contributed by atoms with Crippen molar-refractivity contribution in [3.63, 3.8) is 0 Å². The summed E-state index contributed by atoms with van der Waals surface area (Å²) in [6.07, 6.45) is -6.61. The van der Waals surface area contributed by atoms with Gasteiger partial charge in [0.25, 0.3) is 0 Å². The normalized spacial score (nSPS) is 15.6. The smallest absolute Gasteiger partial charge is 0.415 e. The van der Waals surface area contributed by atoms with E-state index in [0.29, 0.717) is 0 Å². The van der Waals surface area contributed by atoms with Gasteiger partial charge in [-0.15, -0.1) is 0 Å². The van der Waals surface area contributed by atoms with E-state index in [-0.39, 0.29) is 18.2 Å². The van der Waals surface area contributed by atoms with Crippen LogP contribution >= 0.6 is 11.3 Å². The molecule has 0 saturated heterocycles. The fraction of sp³-hybridized carbons (Fsp3) is 0.364. The van der Waals surface area contributed by atoms with Crippen molar-refractivity contribution in [1.82, 2.24) is 0 Å². The molecule has 5 nitrogen and oxygen atoms in total. The lowest BCUT2D eigenvalue weighted by Crippen LogP contribution is -2.23. The molecule has 1 rings (SSSR count). The Morgan fingerprint density at radius 2 is 2.24 bits per heavy atom. The van der Waals surface area contributed by atoms with Gasteiger partial charge in [-0.25, -0.2) is 4.79 Å². The maximum absolute atomic E-state index is 13.1. The van der Waals surface area contributed by atoms with Gasteiger partial charge in [-0.05, 0) is 29.3 Å². The van der Waals surface area contributed by atoms with Crippen LogP contribution in [0.2, 0.25) is 0 Å². The van der Waals surface area contributed by atoms with Crippen LogP contribution in [0.15, 0.2) is 28.5 Å². The van der Waals surface area contributed by atoms with Crippen LogP contribution in [0.1, 0.15) is 18.6 Å². The third-order valence-corrected chi connectivity index (χ3v) is 3.25. The molecule has 0 aliphatic heterocycles. The lowest BCUT2D eigenvalue weighted by molar-refractivity contribution is -0.139. The molecule has 0 fully saturated rings. The lowest BCUT2D eigenvalue weighted by atomic mass is 10.0. The first kappa shape index (κ1) is 17.8. The predicted octanol–water partition coefficient (Wildman–Crippen LogP) is 2.99. The molecule has 2 unspecified atom stereocenters. The van der Waals surface area contributed by atoms with Gasteiger partial charge in [-0.3, -0.25) is 8.74 Å².